The van der Waals surface area contributed by atoms with Crippen LogP contribution in [0.1, 0.15) is 24.4 Å². The van der Waals surface area contributed by atoms with Crippen molar-refractivity contribution in [1.82, 2.24) is 9.80 Å². The van der Waals surface area contributed by atoms with Gasteiger partial charge >= 0.3 is 0 Å². The topological polar surface area (TPSA) is 45.2 Å². The van der Waals surface area contributed by atoms with Crippen LogP contribution in [0.15, 0.2) is 24.3 Å². The van der Waals surface area contributed by atoms with Gasteiger partial charge in [-0.05, 0) is 37.1 Å². The van der Waals surface area contributed by atoms with Crippen LogP contribution in [0.5, 0.6) is 5.75 Å². The lowest BCUT2D eigenvalue weighted by Crippen LogP contribution is -2.44. The molecule has 0 spiro atoms. The van der Waals surface area contributed by atoms with E-state index in [1.807, 2.05) is 12.1 Å². The molecule has 0 saturated carbocycles. The van der Waals surface area contributed by atoms with E-state index in [0.717, 1.165) is 58.1 Å². The molecule has 2 fully saturated rings. The molecule has 0 aromatic heterocycles. The van der Waals surface area contributed by atoms with Crippen molar-refractivity contribution in [2.75, 3.05) is 53.0 Å². The maximum atomic E-state index is 10.5. The number of benzene rings is 1. The molecule has 23 heavy (non-hydrogen) atoms. The molecule has 0 bridgehead atoms. The van der Waals surface area contributed by atoms with Crippen LogP contribution in [0.3, 0.4) is 0 Å². The highest BCUT2D eigenvalue weighted by molar-refractivity contribution is 5.29. The first kappa shape index (κ1) is 16.7. The van der Waals surface area contributed by atoms with Crippen molar-refractivity contribution < 1.29 is 14.6 Å². The average Bonchev–Trinajstić information content (AvgIpc) is 3.03. The molecule has 2 saturated heterocycles. The zero-order valence-electron chi connectivity index (χ0n) is 14.0. The lowest BCUT2D eigenvalue weighted by Gasteiger charge is -2.32. The lowest BCUT2D eigenvalue weighted by molar-refractivity contribution is 0.00585. The minimum absolute atomic E-state index is 0.299. The minimum Gasteiger partial charge on any atom is -0.497 e. The number of likely N-dealkylation sites (tertiary alicyclic amines) is 1. The maximum absolute atomic E-state index is 10.5. The Morgan fingerprint density at radius 3 is 2.61 bits per heavy atom. The Morgan fingerprint density at radius 2 is 1.91 bits per heavy atom. The fourth-order valence-electron chi connectivity index (χ4n) is 3.66. The molecule has 2 aliphatic heterocycles. The Balaban J connectivity index is 1.55. The van der Waals surface area contributed by atoms with Crippen LogP contribution in [-0.2, 0) is 4.74 Å². The largest absolute Gasteiger partial charge is 0.497 e. The summed E-state index contributed by atoms with van der Waals surface area (Å²) < 4.78 is 10.6. The van der Waals surface area contributed by atoms with Crippen molar-refractivity contribution in [2.24, 2.45) is 0 Å². The summed E-state index contributed by atoms with van der Waals surface area (Å²) in [5.41, 5.74) is 1.32. The van der Waals surface area contributed by atoms with Crippen LogP contribution in [0.25, 0.3) is 0 Å². The number of rotatable bonds is 6. The van der Waals surface area contributed by atoms with Crippen LogP contribution < -0.4 is 4.74 Å². The van der Waals surface area contributed by atoms with Crippen LogP contribution in [0, 0.1) is 0 Å². The quantitative estimate of drug-likeness (QED) is 0.861. The number of aliphatic hydroxyl groups is 1. The van der Waals surface area contributed by atoms with Gasteiger partial charge < -0.3 is 14.6 Å². The van der Waals surface area contributed by atoms with Crippen LogP contribution in [-0.4, -0.2) is 74.1 Å². The number of methoxy groups -OCH3 is 1. The van der Waals surface area contributed by atoms with Gasteiger partial charge in [-0.1, -0.05) is 12.1 Å². The molecule has 2 unspecified atom stereocenters. The zero-order valence-corrected chi connectivity index (χ0v) is 14.0. The van der Waals surface area contributed by atoms with Gasteiger partial charge in [0.2, 0.25) is 0 Å². The molecule has 0 amide bonds. The number of β-amino-alcohol motifs (C(OH)–C–C–N with tert-alkyl or cyclic N) is 1. The molecule has 0 radical (unpaired) electrons. The van der Waals surface area contributed by atoms with Gasteiger partial charge in [-0.2, -0.15) is 0 Å². The van der Waals surface area contributed by atoms with Crippen LogP contribution >= 0.6 is 0 Å². The SMILES string of the molecule is COc1ccc(C2CCCN2CC(O)CN2CCOCC2)cc1. The van der Waals surface area contributed by atoms with E-state index < -0.39 is 0 Å². The van der Waals surface area contributed by atoms with Crippen molar-refractivity contribution in [2.45, 2.75) is 25.0 Å². The van der Waals surface area contributed by atoms with E-state index >= 15 is 0 Å². The normalized spacial score (nSPS) is 24.7. The van der Waals surface area contributed by atoms with Crippen LogP contribution in [0.4, 0.5) is 0 Å². The van der Waals surface area contributed by atoms with E-state index in [-0.39, 0.29) is 6.10 Å². The summed E-state index contributed by atoms with van der Waals surface area (Å²) in [5, 5.41) is 10.5. The Bertz CT molecular complexity index is 474. The molecule has 2 aliphatic rings. The van der Waals surface area contributed by atoms with E-state index in [0.29, 0.717) is 6.04 Å². The molecule has 0 aliphatic carbocycles. The third-order valence-corrected chi connectivity index (χ3v) is 4.88. The summed E-state index contributed by atoms with van der Waals surface area (Å²) in [4.78, 5) is 4.72. The first-order valence-electron chi connectivity index (χ1n) is 8.62. The Kier molecular flexibility index (Phi) is 5.89. The van der Waals surface area contributed by atoms with Gasteiger partial charge in [-0.25, -0.2) is 0 Å². The van der Waals surface area contributed by atoms with Gasteiger partial charge in [-0.15, -0.1) is 0 Å². The van der Waals surface area contributed by atoms with Gasteiger partial charge in [0.1, 0.15) is 5.75 Å². The molecule has 2 atom stereocenters. The molecule has 5 nitrogen and oxygen atoms in total. The van der Waals surface area contributed by atoms with Crippen molar-refractivity contribution >= 4 is 0 Å². The molecule has 3 rings (SSSR count). The Morgan fingerprint density at radius 1 is 1.17 bits per heavy atom. The summed E-state index contributed by atoms with van der Waals surface area (Å²) in [5.74, 6) is 0.894. The van der Waals surface area contributed by atoms with Crippen LogP contribution in [0.2, 0.25) is 0 Å². The van der Waals surface area contributed by atoms with Gasteiger partial charge in [0.05, 0.1) is 26.4 Å². The van der Waals surface area contributed by atoms with Gasteiger partial charge in [0, 0.05) is 32.2 Å². The number of aliphatic hydroxyl groups excluding tert-OH is 1. The predicted molar refractivity (Wildman–Crippen MR) is 89.8 cm³/mol. The molecule has 2 heterocycles. The fraction of sp³-hybridized carbons (Fsp3) is 0.667. The molecule has 5 heteroatoms. The number of ether oxygens (including phenoxy) is 2. The third kappa shape index (κ3) is 4.44. The highest BCUT2D eigenvalue weighted by atomic mass is 16.5. The summed E-state index contributed by atoms with van der Waals surface area (Å²) in [6, 6.07) is 8.76. The Labute approximate surface area is 138 Å². The van der Waals surface area contributed by atoms with Gasteiger partial charge in [0.15, 0.2) is 0 Å². The number of hydrogen-bond acceptors (Lipinski definition) is 5. The molecular formula is C18H28N2O3. The first-order chi connectivity index (χ1) is 11.3. The van der Waals surface area contributed by atoms with Crippen molar-refractivity contribution in [3.63, 3.8) is 0 Å². The monoisotopic (exact) mass is 320 g/mol. The predicted octanol–water partition coefficient (Wildman–Crippen LogP) is 1.53. The van der Waals surface area contributed by atoms with E-state index in [4.69, 9.17) is 9.47 Å². The average molecular weight is 320 g/mol. The van der Waals surface area contributed by atoms with Gasteiger partial charge in [-0.3, -0.25) is 9.80 Å². The maximum Gasteiger partial charge on any atom is 0.118 e. The highest BCUT2D eigenvalue weighted by Crippen LogP contribution is 2.32. The standard InChI is InChI=1S/C18H28N2O3/c1-22-17-6-4-15(5-7-17)18-3-2-8-20(18)14-16(21)13-19-9-11-23-12-10-19/h4-7,16,18,21H,2-3,8-14H2,1H3. The van der Waals surface area contributed by atoms with E-state index in [1.165, 1.54) is 12.0 Å². The second-order valence-corrected chi connectivity index (χ2v) is 6.49. The smallest absolute Gasteiger partial charge is 0.118 e. The summed E-state index contributed by atoms with van der Waals surface area (Å²) in [6.07, 6.45) is 2.06. The number of morpholine rings is 1. The van der Waals surface area contributed by atoms with Crippen molar-refractivity contribution in [1.29, 1.82) is 0 Å². The summed E-state index contributed by atoms with van der Waals surface area (Å²) >= 11 is 0. The van der Waals surface area contributed by atoms with Gasteiger partial charge in [0.25, 0.3) is 0 Å². The van der Waals surface area contributed by atoms with E-state index in [9.17, 15) is 5.11 Å². The number of nitrogens with zero attached hydrogens (tertiary/aromatic N) is 2. The second-order valence-electron chi connectivity index (χ2n) is 6.49. The second kappa shape index (κ2) is 8.11. The molecule has 128 valence electrons. The van der Waals surface area contributed by atoms with E-state index in [2.05, 4.69) is 21.9 Å². The van der Waals surface area contributed by atoms with Crippen molar-refractivity contribution in [3.05, 3.63) is 29.8 Å². The first-order valence-corrected chi connectivity index (χ1v) is 8.62. The summed E-state index contributed by atoms with van der Waals surface area (Å²) in [7, 11) is 1.69. The zero-order chi connectivity index (χ0) is 16.1. The molecular weight excluding hydrogens is 292 g/mol. The highest BCUT2D eigenvalue weighted by Gasteiger charge is 2.28. The third-order valence-electron chi connectivity index (χ3n) is 4.88. The minimum atomic E-state index is -0.299. The van der Waals surface area contributed by atoms with Crippen molar-refractivity contribution in [3.8, 4) is 5.75 Å². The number of hydrogen-bond donors (Lipinski definition) is 1. The summed E-state index contributed by atoms with van der Waals surface area (Å²) in [6.45, 7) is 5.98. The molecule has 1 aromatic carbocycles. The van der Waals surface area contributed by atoms with E-state index in [1.54, 1.807) is 7.11 Å². The Hall–Kier alpha value is -1.14. The molecule has 1 N–H and O–H groups in total. The fourth-order valence-corrected chi connectivity index (χ4v) is 3.66. The molecule has 1 aromatic rings. The lowest BCUT2D eigenvalue weighted by atomic mass is 10.0.